The number of halogens is 1. The van der Waals surface area contributed by atoms with E-state index in [9.17, 15) is 0 Å². The predicted octanol–water partition coefficient (Wildman–Crippen LogP) is 5.35. The molecule has 167 valence electrons. The van der Waals surface area contributed by atoms with E-state index in [2.05, 4.69) is 38.0 Å². The summed E-state index contributed by atoms with van der Waals surface area (Å²) in [7, 11) is 0.653. The maximum atomic E-state index is 8.37. The van der Waals surface area contributed by atoms with Gasteiger partial charge in [0.1, 0.15) is 10.8 Å². The molecule has 4 aromatic rings. The lowest BCUT2D eigenvalue weighted by Gasteiger charge is -2.07. The molecule has 0 bridgehead atoms. The third kappa shape index (κ3) is 9.19. The van der Waals surface area contributed by atoms with Crippen molar-refractivity contribution in [3.63, 3.8) is 0 Å². The van der Waals surface area contributed by atoms with Gasteiger partial charge in [0.2, 0.25) is 0 Å². The molecule has 0 spiro atoms. The first kappa shape index (κ1) is 26.2. The lowest BCUT2D eigenvalue weighted by Crippen LogP contribution is -2.06. The summed E-state index contributed by atoms with van der Waals surface area (Å²) in [6.45, 7) is 3.88. The van der Waals surface area contributed by atoms with Crippen LogP contribution in [0.1, 0.15) is 37.1 Å². The molecule has 0 saturated carbocycles. The highest BCUT2D eigenvalue weighted by molar-refractivity contribution is 9.11. The van der Waals surface area contributed by atoms with E-state index < -0.39 is 0 Å². The van der Waals surface area contributed by atoms with Crippen molar-refractivity contribution in [2.45, 2.75) is 25.9 Å². The summed E-state index contributed by atoms with van der Waals surface area (Å²) in [6, 6.07) is 15.6. The van der Waals surface area contributed by atoms with Gasteiger partial charge in [0, 0.05) is 40.8 Å². The second-order valence-electron chi connectivity index (χ2n) is 6.62. The van der Waals surface area contributed by atoms with Crippen LogP contribution in [0.5, 0.6) is 5.75 Å². The van der Waals surface area contributed by atoms with Crippen LogP contribution in [-0.2, 0) is 0 Å². The van der Waals surface area contributed by atoms with Crippen molar-refractivity contribution < 1.29 is 9.68 Å². The lowest BCUT2D eigenvalue weighted by atomic mass is 10.1. The molecule has 2 heterocycles. The molecule has 0 fully saturated rings. The van der Waals surface area contributed by atoms with Crippen LogP contribution in [0.4, 0.5) is 0 Å². The van der Waals surface area contributed by atoms with E-state index in [1.807, 2.05) is 55.1 Å². The average molecular weight is 532 g/mol. The van der Waals surface area contributed by atoms with Gasteiger partial charge < -0.3 is 21.1 Å². The lowest BCUT2D eigenvalue weighted by molar-refractivity contribution is 0.453. The molecule has 2 aromatic heterocycles. The Morgan fingerprint density at radius 1 is 0.938 bits per heavy atom. The third-order valence-corrected chi connectivity index (χ3v) is 6.21. The number of nitrogens with two attached hydrogens (primary N) is 2. The zero-order valence-corrected chi connectivity index (χ0v) is 21.0. The average Bonchev–Trinajstić information content (AvgIpc) is 3.49. The largest absolute Gasteiger partial charge is 0.569 e. The smallest absolute Gasteiger partial charge is 0.537 e. The molecule has 5 N–H and O–H groups in total. The van der Waals surface area contributed by atoms with Crippen molar-refractivity contribution in [2.24, 2.45) is 11.5 Å². The second kappa shape index (κ2) is 14.2. The van der Waals surface area contributed by atoms with Gasteiger partial charge in [-0.05, 0) is 59.1 Å². The normalized spacial score (nSPS) is 11.8. The quantitative estimate of drug-likeness (QED) is 0.300. The molecule has 2 atom stereocenters. The maximum Gasteiger partial charge on any atom is 0.569 e. The molecule has 0 amide bonds. The number of aromatic nitrogens is 2. The molecule has 1 radical (unpaired) electrons. The SMILES string of the molecule is Brc1nccs1.C[C@H](N)c1cccc(-c2nccs2)c1.C[C@H](N)c1cccc(O[B]O)c1. The van der Waals surface area contributed by atoms with Crippen LogP contribution in [0.25, 0.3) is 10.6 Å². The highest BCUT2D eigenvalue weighted by Gasteiger charge is 2.03. The highest BCUT2D eigenvalue weighted by atomic mass is 79.9. The number of thiazole rings is 2. The van der Waals surface area contributed by atoms with E-state index in [0.29, 0.717) is 13.4 Å². The van der Waals surface area contributed by atoms with Crippen LogP contribution in [0, 0.1) is 0 Å². The first-order valence-electron chi connectivity index (χ1n) is 9.69. The van der Waals surface area contributed by atoms with Crippen LogP contribution in [0.15, 0.2) is 75.6 Å². The minimum Gasteiger partial charge on any atom is -0.537 e. The summed E-state index contributed by atoms with van der Waals surface area (Å²) in [5.74, 6) is 0.590. The van der Waals surface area contributed by atoms with Gasteiger partial charge in [-0.25, -0.2) is 9.97 Å². The molecular weight excluding hydrogens is 507 g/mol. The Morgan fingerprint density at radius 3 is 2.06 bits per heavy atom. The van der Waals surface area contributed by atoms with Crippen molar-refractivity contribution in [1.82, 2.24) is 9.97 Å². The van der Waals surface area contributed by atoms with E-state index in [-0.39, 0.29) is 12.1 Å². The zero-order valence-electron chi connectivity index (χ0n) is 17.8. The summed E-state index contributed by atoms with van der Waals surface area (Å²) in [5, 5.41) is 13.3. The van der Waals surface area contributed by atoms with Crippen LogP contribution < -0.4 is 16.1 Å². The Labute approximate surface area is 205 Å². The van der Waals surface area contributed by atoms with Crippen LogP contribution in [0.3, 0.4) is 0 Å². The van der Waals surface area contributed by atoms with E-state index in [1.165, 1.54) is 0 Å². The van der Waals surface area contributed by atoms with Gasteiger partial charge >= 0.3 is 7.69 Å². The Morgan fingerprint density at radius 2 is 1.56 bits per heavy atom. The molecule has 0 aliphatic carbocycles. The first-order valence-corrected chi connectivity index (χ1v) is 12.2. The minimum absolute atomic E-state index is 0.0211. The molecule has 2 aromatic carbocycles. The molecule has 32 heavy (non-hydrogen) atoms. The molecule has 0 aliphatic heterocycles. The van der Waals surface area contributed by atoms with Crippen molar-refractivity contribution in [3.05, 3.63) is 86.7 Å². The van der Waals surface area contributed by atoms with Crippen molar-refractivity contribution in [1.29, 1.82) is 0 Å². The summed E-state index contributed by atoms with van der Waals surface area (Å²) in [4.78, 5) is 8.12. The van der Waals surface area contributed by atoms with E-state index in [1.54, 1.807) is 41.0 Å². The summed E-state index contributed by atoms with van der Waals surface area (Å²) in [5.41, 5.74) is 14.7. The fraction of sp³-hybridized carbons (Fsp3) is 0.182. The van der Waals surface area contributed by atoms with Crippen molar-refractivity contribution in [3.8, 4) is 16.3 Å². The fourth-order valence-electron chi connectivity index (χ4n) is 2.46. The van der Waals surface area contributed by atoms with Gasteiger partial charge in [-0.15, -0.1) is 22.7 Å². The number of benzene rings is 2. The monoisotopic (exact) mass is 531 g/mol. The van der Waals surface area contributed by atoms with E-state index in [4.69, 9.17) is 21.1 Å². The van der Waals surface area contributed by atoms with Gasteiger partial charge in [0.05, 0.1) is 0 Å². The van der Waals surface area contributed by atoms with Crippen molar-refractivity contribution >= 4 is 46.3 Å². The molecule has 10 heteroatoms. The predicted molar refractivity (Wildman–Crippen MR) is 138 cm³/mol. The van der Waals surface area contributed by atoms with Gasteiger partial charge in [-0.2, -0.15) is 0 Å². The molecule has 0 saturated heterocycles. The molecule has 0 aliphatic rings. The van der Waals surface area contributed by atoms with Crippen molar-refractivity contribution in [2.75, 3.05) is 0 Å². The topological polar surface area (TPSA) is 107 Å². The Bertz CT molecular complexity index is 1030. The second-order valence-corrected chi connectivity index (χ2v) is 9.69. The van der Waals surface area contributed by atoms with E-state index in [0.717, 1.165) is 25.6 Å². The number of hydrogen-bond donors (Lipinski definition) is 3. The van der Waals surface area contributed by atoms with E-state index >= 15 is 0 Å². The Kier molecular flexibility index (Phi) is 11.6. The fourth-order valence-corrected chi connectivity index (χ4v) is 3.89. The van der Waals surface area contributed by atoms with Gasteiger partial charge in [-0.3, -0.25) is 0 Å². The van der Waals surface area contributed by atoms with Gasteiger partial charge in [0.25, 0.3) is 0 Å². The summed E-state index contributed by atoms with van der Waals surface area (Å²) >= 11 is 6.42. The maximum absolute atomic E-state index is 8.37. The summed E-state index contributed by atoms with van der Waals surface area (Å²) in [6.07, 6.45) is 3.58. The third-order valence-electron chi connectivity index (χ3n) is 4.07. The number of nitrogens with zero attached hydrogens (tertiary/aromatic N) is 2. The van der Waals surface area contributed by atoms with Crippen LogP contribution in [-0.4, -0.2) is 22.7 Å². The molecule has 4 rings (SSSR count). The van der Waals surface area contributed by atoms with Crippen LogP contribution >= 0.6 is 38.6 Å². The molecular formula is C22H25BBrN4O2S2. The minimum atomic E-state index is -0.0211. The van der Waals surface area contributed by atoms with Crippen LogP contribution in [0.2, 0.25) is 0 Å². The van der Waals surface area contributed by atoms with Gasteiger partial charge in [0.15, 0.2) is 3.92 Å². The first-order chi connectivity index (χ1) is 15.4. The zero-order chi connectivity index (χ0) is 23.3. The van der Waals surface area contributed by atoms with Gasteiger partial charge in [-0.1, -0.05) is 30.3 Å². The molecule has 0 unspecified atom stereocenters. The molecule has 6 nitrogen and oxygen atoms in total. The Hall–Kier alpha value is -2.08. The Balaban J connectivity index is 0.000000183. The standard InChI is InChI=1S/C11H12N2S.C8H11BNO2.C3H2BrNS/c1-8(12)9-3-2-4-10(7-9)11-13-5-6-14-11;1-6(10)7-3-2-4-8(5-7)12-9-11;4-3-5-1-2-6-3/h2-8H,12H2,1H3;2-6,11H,10H2,1H3;1-2H/t8-;6-;/m00./s1. The number of rotatable bonds is 5. The number of hydrogen-bond acceptors (Lipinski definition) is 8. The summed E-state index contributed by atoms with van der Waals surface area (Å²) < 4.78 is 5.72. The highest BCUT2D eigenvalue weighted by Crippen LogP contribution is 2.24.